The number of nitrogens with one attached hydrogen (secondary N) is 1. The van der Waals surface area contributed by atoms with E-state index in [9.17, 15) is 4.79 Å². The normalized spacial score (nSPS) is 16.8. The van der Waals surface area contributed by atoms with Crippen molar-refractivity contribution in [2.75, 3.05) is 19.6 Å². The maximum atomic E-state index is 12.7. The van der Waals surface area contributed by atoms with E-state index in [1.165, 1.54) is 12.8 Å². The lowest BCUT2D eigenvalue weighted by Gasteiger charge is -2.34. The minimum absolute atomic E-state index is 0.173. The molecule has 1 saturated heterocycles. The van der Waals surface area contributed by atoms with Crippen LogP contribution < -0.4 is 5.32 Å². The second kappa shape index (κ2) is 8.29. The van der Waals surface area contributed by atoms with Gasteiger partial charge in [-0.2, -0.15) is 0 Å². The first kappa shape index (κ1) is 19.5. The minimum Gasteiger partial charge on any atom is -0.349 e. The van der Waals surface area contributed by atoms with E-state index >= 15 is 0 Å². The molecule has 3 aromatic rings. The molecule has 1 N–H and O–H groups in total. The molecule has 0 saturated carbocycles. The van der Waals surface area contributed by atoms with Crippen molar-refractivity contribution in [3.8, 4) is 5.69 Å². The molecule has 0 radical (unpaired) electrons. The van der Waals surface area contributed by atoms with Crippen LogP contribution in [0, 0.1) is 12.8 Å². The number of aromatic nitrogens is 4. The Balaban J connectivity index is 1.44. The Morgan fingerprint density at radius 1 is 1.28 bits per heavy atom. The first-order valence-electron chi connectivity index (χ1n) is 10.3. The maximum absolute atomic E-state index is 12.7. The number of amides is 1. The predicted molar refractivity (Wildman–Crippen MR) is 113 cm³/mol. The molecular weight excluding hydrogens is 364 g/mol. The van der Waals surface area contributed by atoms with Gasteiger partial charge in [-0.3, -0.25) is 14.7 Å². The number of benzene rings is 1. The van der Waals surface area contributed by atoms with Crippen molar-refractivity contribution in [1.29, 1.82) is 0 Å². The highest BCUT2D eigenvalue weighted by atomic mass is 16.2. The first-order chi connectivity index (χ1) is 14.0. The van der Waals surface area contributed by atoms with E-state index in [4.69, 9.17) is 0 Å². The zero-order valence-electron chi connectivity index (χ0n) is 17.3. The van der Waals surface area contributed by atoms with Crippen LogP contribution >= 0.6 is 0 Å². The van der Waals surface area contributed by atoms with Crippen molar-refractivity contribution in [1.82, 2.24) is 30.2 Å². The van der Waals surface area contributed by atoms with Crippen molar-refractivity contribution in [2.45, 2.75) is 39.7 Å². The molecule has 3 heterocycles. The van der Waals surface area contributed by atoms with Gasteiger partial charge < -0.3 is 5.32 Å². The average Bonchev–Trinajstić information content (AvgIpc) is 3.13. The van der Waals surface area contributed by atoms with Gasteiger partial charge in [0.2, 0.25) is 0 Å². The number of piperidine rings is 1. The number of carbonyl (C=O) groups excluding carboxylic acids is 1. The molecule has 1 aliphatic heterocycles. The van der Waals surface area contributed by atoms with Gasteiger partial charge in [0.25, 0.3) is 5.91 Å². The van der Waals surface area contributed by atoms with Gasteiger partial charge in [-0.15, -0.1) is 5.10 Å². The summed E-state index contributed by atoms with van der Waals surface area (Å²) in [7, 11) is 0. The number of hydrogen-bond acceptors (Lipinski definition) is 5. The van der Waals surface area contributed by atoms with E-state index in [-0.39, 0.29) is 5.91 Å². The van der Waals surface area contributed by atoms with Gasteiger partial charge >= 0.3 is 0 Å². The van der Waals surface area contributed by atoms with Crippen LogP contribution in [0.5, 0.6) is 0 Å². The Morgan fingerprint density at radius 3 is 2.86 bits per heavy atom. The quantitative estimate of drug-likeness (QED) is 0.722. The van der Waals surface area contributed by atoms with Crippen molar-refractivity contribution < 1.29 is 4.79 Å². The molecule has 1 atom stereocenters. The van der Waals surface area contributed by atoms with Crippen LogP contribution in [-0.4, -0.2) is 56.5 Å². The van der Waals surface area contributed by atoms with E-state index in [2.05, 4.69) is 39.4 Å². The third-order valence-electron chi connectivity index (χ3n) is 5.94. The number of hydrogen-bond donors (Lipinski definition) is 1. The molecule has 0 spiro atoms. The molecule has 29 heavy (non-hydrogen) atoms. The molecule has 7 nitrogen and oxygen atoms in total. The molecule has 4 rings (SSSR count). The molecule has 1 aliphatic rings. The zero-order valence-corrected chi connectivity index (χ0v) is 17.3. The van der Waals surface area contributed by atoms with Crippen LogP contribution in [0.4, 0.5) is 0 Å². The van der Waals surface area contributed by atoms with E-state index in [0.29, 0.717) is 18.3 Å². The van der Waals surface area contributed by atoms with E-state index in [0.717, 1.165) is 41.3 Å². The van der Waals surface area contributed by atoms with E-state index in [1.54, 1.807) is 10.9 Å². The number of fused-ring (bicyclic) bond motifs is 1. The zero-order chi connectivity index (χ0) is 20.4. The van der Waals surface area contributed by atoms with Crippen molar-refractivity contribution >= 4 is 16.8 Å². The molecule has 0 aliphatic carbocycles. The molecule has 0 bridgehead atoms. The maximum Gasteiger partial charge on any atom is 0.273 e. The van der Waals surface area contributed by atoms with Gasteiger partial charge in [0, 0.05) is 24.2 Å². The Morgan fingerprint density at radius 2 is 2.07 bits per heavy atom. The van der Waals surface area contributed by atoms with Crippen molar-refractivity contribution in [3.63, 3.8) is 0 Å². The lowest BCUT2D eigenvalue weighted by atomic mass is 9.98. The molecular formula is C22H28N6O. The highest BCUT2D eigenvalue weighted by Crippen LogP contribution is 2.19. The summed E-state index contributed by atoms with van der Waals surface area (Å²) in [5, 5.41) is 12.4. The summed E-state index contributed by atoms with van der Waals surface area (Å²) in [4.78, 5) is 19.5. The monoisotopic (exact) mass is 392 g/mol. The summed E-state index contributed by atoms with van der Waals surface area (Å²) in [5.41, 5.74) is 2.89. The van der Waals surface area contributed by atoms with Crippen LogP contribution in [-0.2, 0) is 0 Å². The lowest BCUT2D eigenvalue weighted by Crippen LogP contribution is -2.45. The highest BCUT2D eigenvalue weighted by Gasteiger charge is 2.22. The van der Waals surface area contributed by atoms with Gasteiger partial charge in [-0.25, -0.2) is 4.68 Å². The third kappa shape index (κ3) is 4.15. The SMILES string of the molecule is Cc1c(C(=O)NCC(C)N2CCC(C)CC2)nnn1-c1ccc2ncccc2c1. The number of carbonyl (C=O) groups is 1. The van der Waals surface area contributed by atoms with Gasteiger partial charge in [0.05, 0.1) is 16.9 Å². The second-order valence-corrected chi connectivity index (χ2v) is 8.09. The van der Waals surface area contributed by atoms with Gasteiger partial charge in [-0.05, 0) is 70.0 Å². The summed E-state index contributed by atoms with van der Waals surface area (Å²) in [6.45, 7) is 9.17. The lowest BCUT2D eigenvalue weighted by molar-refractivity contribution is 0.0916. The molecule has 1 amide bonds. The Hall–Kier alpha value is -2.80. The summed E-state index contributed by atoms with van der Waals surface area (Å²) < 4.78 is 1.71. The summed E-state index contributed by atoms with van der Waals surface area (Å²) in [6, 6.07) is 10.1. The largest absolute Gasteiger partial charge is 0.349 e. The smallest absolute Gasteiger partial charge is 0.273 e. The fourth-order valence-electron chi connectivity index (χ4n) is 3.90. The molecule has 1 unspecified atom stereocenters. The van der Waals surface area contributed by atoms with Crippen LogP contribution in [0.1, 0.15) is 42.9 Å². The van der Waals surface area contributed by atoms with E-state index < -0.39 is 0 Å². The van der Waals surface area contributed by atoms with Gasteiger partial charge in [0.15, 0.2) is 5.69 Å². The fourth-order valence-corrected chi connectivity index (χ4v) is 3.90. The molecule has 1 fully saturated rings. The summed E-state index contributed by atoms with van der Waals surface area (Å²) in [6.07, 6.45) is 4.23. The average molecular weight is 393 g/mol. The molecule has 7 heteroatoms. The van der Waals surface area contributed by atoms with Crippen LogP contribution in [0.15, 0.2) is 36.5 Å². The number of rotatable bonds is 5. The Bertz CT molecular complexity index is 1010. The first-order valence-corrected chi connectivity index (χ1v) is 10.3. The summed E-state index contributed by atoms with van der Waals surface area (Å²) in [5.74, 6) is 0.630. The topological polar surface area (TPSA) is 75.9 Å². The second-order valence-electron chi connectivity index (χ2n) is 8.09. The third-order valence-corrected chi connectivity index (χ3v) is 5.94. The van der Waals surface area contributed by atoms with Gasteiger partial charge in [0.1, 0.15) is 0 Å². The minimum atomic E-state index is -0.173. The van der Waals surface area contributed by atoms with Crippen molar-refractivity contribution in [2.24, 2.45) is 5.92 Å². The van der Waals surface area contributed by atoms with Crippen LogP contribution in [0.3, 0.4) is 0 Å². The Labute approximate surface area is 171 Å². The number of likely N-dealkylation sites (tertiary alicyclic amines) is 1. The molecule has 1 aromatic carbocycles. The van der Waals surface area contributed by atoms with Gasteiger partial charge in [-0.1, -0.05) is 18.2 Å². The molecule has 2 aromatic heterocycles. The van der Waals surface area contributed by atoms with E-state index in [1.807, 2.05) is 37.3 Å². The number of nitrogens with zero attached hydrogens (tertiary/aromatic N) is 5. The van der Waals surface area contributed by atoms with Crippen molar-refractivity contribution in [3.05, 3.63) is 47.9 Å². The molecule has 152 valence electrons. The number of pyridine rings is 1. The standard InChI is InChI=1S/C22H28N6O/c1-15-8-11-27(12-9-15)16(2)14-24-22(29)21-17(3)28(26-25-21)19-6-7-20-18(13-19)5-4-10-23-20/h4-7,10,13,15-16H,8-9,11-12,14H2,1-3H3,(H,24,29). The fraction of sp³-hybridized carbons (Fsp3) is 0.455. The Kier molecular flexibility index (Phi) is 5.58. The van der Waals surface area contributed by atoms with Crippen LogP contribution in [0.25, 0.3) is 16.6 Å². The summed E-state index contributed by atoms with van der Waals surface area (Å²) >= 11 is 0. The van der Waals surface area contributed by atoms with Crippen LogP contribution in [0.2, 0.25) is 0 Å². The predicted octanol–water partition coefficient (Wildman–Crippen LogP) is 2.97. The highest BCUT2D eigenvalue weighted by molar-refractivity contribution is 5.93.